The molecular formula is C16H16FNO3S2. The molecule has 0 saturated heterocycles. The predicted octanol–water partition coefficient (Wildman–Crippen LogP) is 3.09. The highest BCUT2D eigenvalue weighted by Gasteiger charge is 2.09. The minimum atomic E-state index is -0.646. The molecule has 1 amide bonds. The zero-order chi connectivity index (χ0) is 16.5. The molecule has 2 aromatic rings. The van der Waals surface area contributed by atoms with Gasteiger partial charge in [0.25, 0.3) is 5.91 Å². The first-order valence-electron chi connectivity index (χ1n) is 6.94. The standard InChI is InChI=1S/C16H16FNO3S2/c17-13-5-3-12(4-6-13)16(20)21-10-15(19)18-7-9-22-11-14-2-1-8-23-14/h1-6,8H,7,9-11H2,(H,18,19). The second-order valence-corrected chi connectivity index (χ2v) is 6.70. The van der Waals surface area contributed by atoms with Gasteiger partial charge in [0.15, 0.2) is 6.61 Å². The van der Waals surface area contributed by atoms with Gasteiger partial charge in [-0.05, 0) is 35.7 Å². The van der Waals surface area contributed by atoms with Crippen molar-refractivity contribution in [3.8, 4) is 0 Å². The fraction of sp³-hybridized carbons (Fsp3) is 0.250. The number of thioether (sulfide) groups is 1. The van der Waals surface area contributed by atoms with E-state index in [9.17, 15) is 14.0 Å². The Labute approximate surface area is 142 Å². The van der Waals surface area contributed by atoms with Crippen LogP contribution in [0, 0.1) is 5.82 Å². The topological polar surface area (TPSA) is 55.4 Å². The molecule has 0 fully saturated rings. The van der Waals surface area contributed by atoms with Crippen LogP contribution in [0.2, 0.25) is 0 Å². The van der Waals surface area contributed by atoms with Crippen LogP contribution in [-0.2, 0) is 15.3 Å². The summed E-state index contributed by atoms with van der Waals surface area (Å²) in [6.45, 7) is 0.175. The van der Waals surface area contributed by atoms with Crippen LogP contribution in [0.5, 0.6) is 0 Å². The lowest BCUT2D eigenvalue weighted by Crippen LogP contribution is -2.30. The van der Waals surface area contributed by atoms with Crippen LogP contribution in [0.1, 0.15) is 15.2 Å². The van der Waals surface area contributed by atoms with Crippen LogP contribution in [0.25, 0.3) is 0 Å². The predicted molar refractivity (Wildman–Crippen MR) is 90.2 cm³/mol. The average molecular weight is 353 g/mol. The third kappa shape index (κ3) is 6.42. The van der Waals surface area contributed by atoms with Crippen LogP contribution in [-0.4, -0.2) is 30.8 Å². The van der Waals surface area contributed by atoms with Gasteiger partial charge in [-0.2, -0.15) is 11.8 Å². The highest BCUT2D eigenvalue weighted by molar-refractivity contribution is 7.98. The normalized spacial score (nSPS) is 10.3. The maximum absolute atomic E-state index is 12.7. The first-order valence-corrected chi connectivity index (χ1v) is 8.98. The number of hydrogen-bond donors (Lipinski definition) is 1. The number of carbonyl (C=O) groups is 2. The Morgan fingerprint density at radius 2 is 2.00 bits per heavy atom. The summed E-state index contributed by atoms with van der Waals surface area (Å²) >= 11 is 3.44. The van der Waals surface area contributed by atoms with Crippen LogP contribution in [0.4, 0.5) is 4.39 Å². The molecule has 0 aliphatic carbocycles. The van der Waals surface area contributed by atoms with E-state index in [-0.39, 0.29) is 18.1 Å². The molecule has 0 atom stereocenters. The molecular weight excluding hydrogens is 337 g/mol. The molecule has 0 spiro atoms. The molecule has 7 heteroatoms. The molecule has 1 aromatic carbocycles. The Morgan fingerprint density at radius 1 is 1.22 bits per heavy atom. The minimum Gasteiger partial charge on any atom is -0.452 e. The summed E-state index contributed by atoms with van der Waals surface area (Å²) in [4.78, 5) is 24.5. The summed E-state index contributed by atoms with van der Waals surface area (Å²) in [6.07, 6.45) is 0. The lowest BCUT2D eigenvalue weighted by molar-refractivity contribution is -0.124. The quantitative estimate of drug-likeness (QED) is 0.585. The van der Waals surface area contributed by atoms with Gasteiger partial charge in [0.2, 0.25) is 0 Å². The van der Waals surface area contributed by atoms with E-state index in [1.165, 1.54) is 29.1 Å². The number of esters is 1. The summed E-state index contributed by atoms with van der Waals surface area (Å²) < 4.78 is 17.6. The van der Waals surface area contributed by atoms with E-state index in [2.05, 4.69) is 11.4 Å². The zero-order valence-electron chi connectivity index (χ0n) is 12.3. The van der Waals surface area contributed by atoms with Gasteiger partial charge in [-0.3, -0.25) is 4.79 Å². The highest BCUT2D eigenvalue weighted by Crippen LogP contribution is 2.16. The van der Waals surface area contributed by atoms with Crippen LogP contribution >= 0.6 is 23.1 Å². The maximum atomic E-state index is 12.7. The lowest BCUT2D eigenvalue weighted by Gasteiger charge is -2.06. The Bertz CT molecular complexity index is 629. The Balaban J connectivity index is 1.57. The third-order valence-corrected chi connectivity index (χ3v) is 4.87. The van der Waals surface area contributed by atoms with Crippen molar-refractivity contribution in [3.63, 3.8) is 0 Å². The van der Waals surface area contributed by atoms with E-state index in [1.807, 2.05) is 11.4 Å². The van der Waals surface area contributed by atoms with E-state index >= 15 is 0 Å². The van der Waals surface area contributed by atoms with Gasteiger partial charge in [-0.1, -0.05) is 6.07 Å². The van der Waals surface area contributed by atoms with E-state index in [0.29, 0.717) is 6.54 Å². The fourth-order valence-corrected chi connectivity index (χ4v) is 3.38. The molecule has 0 bridgehead atoms. The number of hydrogen-bond acceptors (Lipinski definition) is 5. The summed E-state index contributed by atoms with van der Waals surface area (Å²) in [5.41, 5.74) is 0.214. The number of ether oxygens (including phenoxy) is 1. The van der Waals surface area contributed by atoms with E-state index in [0.717, 1.165) is 11.5 Å². The second-order valence-electron chi connectivity index (χ2n) is 4.56. The summed E-state index contributed by atoms with van der Waals surface area (Å²) in [5, 5.41) is 4.72. The van der Waals surface area contributed by atoms with Crippen molar-refractivity contribution < 1.29 is 18.7 Å². The molecule has 1 heterocycles. The highest BCUT2D eigenvalue weighted by atomic mass is 32.2. The third-order valence-electron chi connectivity index (χ3n) is 2.81. The molecule has 4 nitrogen and oxygen atoms in total. The largest absolute Gasteiger partial charge is 0.452 e. The summed E-state index contributed by atoms with van der Waals surface area (Å²) in [5.74, 6) is 0.284. The maximum Gasteiger partial charge on any atom is 0.338 e. The van der Waals surface area contributed by atoms with E-state index < -0.39 is 11.8 Å². The van der Waals surface area contributed by atoms with Crippen molar-refractivity contribution >= 4 is 35.0 Å². The summed E-state index contributed by atoms with van der Waals surface area (Å²) in [7, 11) is 0. The van der Waals surface area contributed by atoms with Crippen molar-refractivity contribution in [1.29, 1.82) is 0 Å². The number of thiophene rings is 1. The van der Waals surface area contributed by atoms with Crippen molar-refractivity contribution in [2.24, 2.45) is 0 Å². The number of amides is 1. The number of rotatable bonds is 8. The molecule has 23 heavy (non-hydrogen) atoms. The van der Waals surface area contributed by atoms with Crippen molar-refractivity contribution in [1.82, 2.24) is 5.32 Å². The zero-order valence-corrected chi connectivity index (χ0v) is 13.9. The Hall–Kier alpha value is -1.86. The smallest absolute Gasteiger partial charge is 0.338 e. The van der Waals surface area contributed by atoms with Crippen molar-refractivity contribution in [3.05, 3.63) is 58.0 Å². The van der Waals surface area contributed by atoms with Crippen molar-refractivity contribution in [2.45, 2.75) is 5.75 Å². The lowest BCUT2D eigenvalue weighted by atomic mass is 10.2. The molecule has 0 aliphatic rings. The molecule has 2 rings (SSSR count). The molecule has 122 valence electrons. The number of nitrogens with one attached hydrogen (secondary N) is 1. The van der Waals surface area contributed by atoms with Gasteiger partial charge in [0.1, 0.15) is 5.82 Å². The average Bonchev–Trinajstić information content (AvgIpc) is 3.06. The molecule has 1 aromatic heterocycles. The molecule has 0 saturated carbocycles. The number of benzene rings is 1. The van der Waals surface area contributed by atoms with Gasteiger partial charge < -0.3 is 10.1 Å². The second kappa shape index (κ2) is 9.32. The molecule has 1 N–H and O–H groups in total. The Kier molecular flexibility index (Phi) is 7.09. The van der Waals surface area contributed by atoms with Crippen LogP contribution in [0.3, 0.4) is 0 Å². The van der Waals surface area contributed by atoms with E-state index in [1.54, 1.807) is 23.1 Å². The van der Waals surface area contributed by atoms with Gasteiger partial charge in [-0.15, -0.1) is 11.3 Å². The van der Waals surface area contributed by atoms with Gasteiger partial charge in [0.05, 0.1) is 5.56 Å². The monoisotopic (exact) mass is 353 g/mol. The van der Waals surface area contributed by atoms with Gasteiger partial charge in [-0.25, -0.2) is 9.18 Å². The van der Waals surface area contributed by atoms with E-state index in [4.69, 9.17) is 4.74 Å². The molecule has 0 aliphatic heterocycles. The van der Waals surface area contributed by atoms with Crippen LogP contribution in [0.15, 0.2) is 41.8 Å². The SMILES string of the molecule is O=C(COC(=O)c1ccc(F)cc1)NCCSCc1cccs1. The first kappa shape index (κ1) is 17.5. The van der Waals surface area contributed by atoms with Crippen LogP contribution < -0.4 is 5.32 Å². The first-order chi connectivity index (χ1) is 11.1. The minimum absolute atomic E-state index is 0.214. The Morgan fingerprint density at radius 3 is 2.70 bits per heavy atom. The van der Waals surface area contributed by atoms with Crippen molar-refractivity contribution in [2.75, 3.05) is 18.9 Å². The van der Waals surface area contributed by atoms with Gasteiger partial charge >= 0.3 is 5.97 Å². The molecule has 0 unspecified atom stereocenters. The molecule has 0 radical (unpaired) electrons. The number of halogens is 1. The summed E-state index contributed by atoms with van der Waals surface area (Å²) in [6, 6.07) is 9.06. The van der Waals surface area contributed by atoms with Gasteiger partial charge in [0, 0.05) is 22.9 Å². The fourth-order valence-electron chi connectivity index (χ4n) is 1.68. The number of carbonyl (C=O) groups excluding carboxylic acids is 2.